The number of nitrogens with one attached hydrogen (secondary N) is 1. The van der Waals surface area contributed by atoms with Gasteiger partial charge in [0.25, 0.3) is 0 Å². The van der Waals surface area contributed by atoms with Gasteiger partial charge in [0.1, 0.15) is 0 Å². The lowest BCUT2D eigenvalue weighted by Crippen LogP contribution is -2.35. The normalized spacial score (nSPS) is 31.8. The molecule has 0 spiro atoms. The van der Waals surface area contributed by atoms with E-state index in [1.54, 1.807) is 0 Å². The van der Waals surface area contributed by atoms with Gasteiger partial charge in [-0.3, -0.25) is 0 Å². The molecule has 2 unspecified atom stereocenters. The molecule has 0 amide bonds. The Bertz CT molecular complexity index is 340. The van der Waals surface area contributed by atoms with Gasteiger partial charge < -0.3 is 9.88 Å². The maximum Gasteiger partial charge on any atom is 0.0951 e. The summed E-state index contributed by atoms with van der Waals surface area (Å²) in [5, 5.41) is 3.68. The molecule has 15 heavy (non-hydrogen) atoms. The average molecular weight is 205 g/mol. The minimum absolute atomic E-state index is 0.539. The van der Waals surface area contributed by atoms with Gasteiger partial charge in [0, 0.05) is 24.3 Å². The maximum absolute atomic E-state index is 4.31. The van der Waals surface area contributed by atoms with Gasteiger partial charge in [0.05, 0.1) is 12.0 Å². The number of nitrogens with zero attached hydrogens (tertiary/aromatic N) is 2. The van der Waals surface area contributed by atoms with Crippen molar-refractivity contribution in [3.63, 3.8) is 0 Å². The zero-order valence-electron chi connectivity index (χ0n) is 9.32. The Hall–Kier alpha value is -0.830. The Balaban J connectivity index is 1.81. The minimum Gasteiger partial charge on any atom is -0.330 e. The van der Waals surface area contributed by atoms with Crippen molar-refractivity contribution in [2.75, 3.05) is 0 Å². The van der Waals surface area contributed by atoms with E-state index in [1.165, 1.54) is 37.8 Å². The van der Waals surface area contributed by atoms with Crippen molar-refractivity contribution in [2.24, 2.45) is 0 Å². The first kappa shape index (κ1) is 9.40. The molecule has 1 aliphatic carbocycles. The largest absolute Gasteiger partial charge is 0.330 e. The van der Waals surface area contributed by atoms with Crippen LogP contribution in [0.3, 0.4) is 0 Å². The van der Waals surface area contributed by atoms with Crippen LogP contribution in [0.25, 0.3) is 0 Å². The van der Waals surface area contributed by atoms with Gasteiger partial charge in [0.2, 0.25) is 0 Å². The molecule has 1 N–H and O–H groups in total. The lowest BCUT2D eigenvalue weighted by molar-refractivity contribution is 0.329. The fourth-order valence-corrected chi connectivity index (χ4v) is 2.61. The SMILES string of the molecule is CC1CCCC(c2cncn2C2CC2)N1. The first-order chi connectivity index (χ1) is 7.34. The highest BCUT2D eigenvalue weighted by Gasteiger charge is 2.29. The fraction of sp³-hybridized carbons (Fsp3) is 0.750. The number of piperidine rings is 1. The van der Waals surface area contributed by atoms with Gasteiger partial charge in [-0.1, -0.05) is 0 Å². The van der Waals surface area contributed by atoms with Crippen LogP contribution in [-0.4, -0.2) is 15.6 Å². The smallest absolute Gasteiger partial charge is 0.0951 e. The van der Waals surface area contributed by atoms with Crippen LogP contribution in [0.2, 0.25) is 0 Å². The fourth-order valence-electron chi connectivity index (χ4n) is 2.61. The van der Waals surface area contributed by atoms with Gasteiger partial charge in [0.15, 0.2) is 0 Å². The van der Waals surface area contributed by atoms with E-state index in [0.717, 1.165) is 6.04 Å². The molecule has 1 saturated heterocycles. The van der Waals surface area contributed by atoms with Crippen molar-refractivity contribution in [3.05, 3.63) is 18.2 Å². The molecule has 0 aromatic carbocycles. The first-order valence-corrected chi connectivity index (χ1v) is 6.12. The third-order valence-corrected chi connectivity index (χ3v) is 3.61. The highest BCUT2D eigenvalue weighted by atomic mass is 15.1. The minimum atomic E-state index is 0.539. The van der Waals surface area contributed by atoms with Crippen LogP contribution in [0.5, 0.6) is 0 Å². The lowest BCUT2D eigenvalue weighted by atomic mass is 9.97. The van der Waals surface area contributed by atoms with Crippen molar-refractivity contribution in [1.29, 1.82) is 0 Å². The number of hydrogen-bond donors (Lipinski definition) is 1. The molecule has 2 aliphatic rings. The van der Waals surface area contributed by atoms with Crippen LogP contribution in [0.15, 0.2) is 12.5 Å². The predicted octanol–water partition coefficient (Wildman–Crippen LogP) is 2.42. The average Bonchev–Trinajstić information content (AvgIpc) is 2.96. The number of rotatable bonds is 2. The van der Waals surface area contributed by atoms with Gasteiger partial charge >= 0.3 is 0 Å². The zero-order chi connectivity index (χ0) is 10.3. The van der Waals surface area contributed by atoms with E-state index >= 15 is 0 Å². The van der Waals surface area contributed by atoms with Gasteiger partial charge in [-0.05, 0) is 39.0 Å². The molecule has 0 radical (unpaired) electrons. The van der Waals surface area contributed by atoms with Gasteiger partial charge in [-0.2, -0.15) is 0 Å². The van der Waals surface area contributed by atoms with Crippen molar-refractivity contribution < 1.29 is 0 Å². The zero-order valence-corrected chi connectivity index (χ0v) is 9.32. The van der Waals surface area contributed by atoms with Crippen LogP contribution in [0.1, 0.15) is 56.8 Å². The van der Waals surface area contributed by atoms with Crippen molar-refractivity contribution >= 4 is 0 Å². The molecule has 3 heteroatoms. The third-order valence-electron chi connectivity index (χ3n) is 3.61. The van der Waals surface area contributed by atoms with E-state index in [2.05, 4.69) is 21.8 Å². The molecule has 1 saturated carbocycles. The number of hydrogen-bond acceptors (Lipinski definition) is 2. The maximum atomic E-state index is 4.31. The molecule has 1 aromatic heterocycles. The summed E-state index contributed by atoms with van der Waals surface area (Å²) < 4.78 is 2.38. The second-order valence-corrected chi connectivity index (χ2v) is 5.01. The van der Waals surface area contributed by atoms with Crippen LogP contribution in [0, 0.1) is 0 Å². The molecular weight excluding hydrogens is 186 g/mol. The van der Waals surface area contributed by atoms with Crippen LogP contribution in [-0.2, 0) is 0 Å². The van der Waals surface area contributed by atoms with Crippen molar-refractivity contribution in [1.82, 2.24) is 14.9 Å². The summed E-state index contributed by atoms with van der Waals surface area (Å²) >= 11 is 0. The lowest BCUT2D eigenvalue weighted by Gasteiger charge is -2.29. The van der Waals surface area contributed by atoms with E-state index in [9.17, 15) is 0 Å². The van der Waals surface area contributed by atoms with E-state index in [0.29, 0.717) is 12.1 Å². The summed E-state index contributed by atoms with van der Waals surface area (Å²) in [5.74, 6) is 0. The number of aromatic nitrogens is 2. The van der Waals surface area contributed by atoms with Crippen LogP contribution in [0.4, 0.5) is 0 Å². The van der Waals surface area contributed by atoms with Gasteiger partial charge in [-0.15, -0.1) is 0 Å². The summed E-state index contributed by atoms with van der Waals surface area (Å²) in [5.41, 5.74) is 1.41. The highest BCUT2D eigenvalue weighted by molar-refractivity contribution is 5.10. The monoisotopic (exact) mass is 205 g/mol. The summed E-state index contributed by atoms with van der Waals surface area (Å²) in [7, 11) is 0. The summed E-state index contributed by atoms with van der Waals surface area (Å²) in [6, 6.07) is 1.95. The van der Waals surface area contributed by atoms with E-state index in [-0.39, 0.29) is 0 Å². The first-order valence-electron chi connectivity index (χ1n) is 6.12. The third kappa shape index (κ3) is 1.81. The van der Waals surface area contributed by atoms with Crippen molar-refractivity contribution in [3.8, 4) is 0 Å². The highest BCUT2D eigenvalue weighted by Crippen LogP contribution is 2.38. The quantitative estimate of drug-likeness (QED) is 0.803. The molecule has 2 atom stereocenters. The summed E-state index contributed by atoms with van der Waals surface area (Å²) in [6.45, 7) is 2.28. The molecule has 1 aromatic rings. The molecule has 3 nitrogen and oxygen atoms in total. The van der Waals surface area contributed by atoms with Crippen LogP contribution < -0.4 is 5.32 Å². The van der Waals surface area contributed by atoms with Crippen LogP contribution >= 0.6 is 0 Å². The summed E-state index contributed by atoms with van der Waals surface area (Å²) in [4.78, 5) is 4.31. The Labute approximate surface area is 90.9 Å². The second-order valence-electron chi connectivity index (χ2n) is 5.01. The Morgan fingerprint density at radius 1 is 1.33 bits per heavy atom. The second kappa shape index (κ2) is 3.63. The molecule has 1 aliphatic heterocycles. The number of imidazole rings is 1. The molecular formula is C12H19N3. The standard InChI is InChI=1S/C12H19N3/c1-9-3-2-4-11(14-9)12-7-13-8-15(12)10-5-6-10/h7-11,14H,2-6H2,1H3. The van der Waals surface area contributed by atoms with E-state index in [4.69, 9.17) is 0 Å². The van der Waals surface area contributed by atoms with Crippen molar-refractivity contribution in [2.45, 2.75) is 57.2 Å². The molecule has 82 valence electrons. The van der Waals surface area contributed by atoms with E-state index < -0.39 is 0 Å². The Kier molecular flexibility index (Phi) is 2.28. The molecule has 2 heterocycles. The molecule has 3 rings (SSSR count). The molecule has 0 bridgehead atoms. The Morgan fingerprint density at radius 3 is 2.93 bits per heavy atom. The topological polar surface area (TPSA) is 29.9 Å². The Morgan fingerprint density at radius 2 is 2.20 bits per heavy atom. The molecule has 2 fully saturated rings. The summed E-state index contributed by atoms with van der Waals surface area (Å²) in [6.07, 6.45) is 10.7. The predicted molar refractivity (Wildman–Crippen MR) is 59.7 cm³/mol. The van der Waals surface area contributed by atoms with Gasteiger partial charge in [-0.25, -0.2) is 4.98 Å². The van der Waals surface area contributed by atoms with E-state index in [1.807, 2.05) is 12.5 Å².